The van der Waals surface area contributed by atoms with Gasteiger partial charge in [-0.2, -0.15) is 0 Å². The third-order valence-corrected chi connectivity index (χ3v) is 4.32. The number of ether oxygens (including phenoxy) is 2. The average Bonchev–Trinajstić information content (AvgIpc) is 3.16. The van der Waals surface area contributed by atoms with Crippen molar-refractivity contribution < 1.29 is 33.1 Å². The number of hydrogen-bond acceptors (Lipinski definition) is 8. The molecule has 27 heavy (non-hydrogen) atoms. The third kappa shape index (κ3) is 4.73. The van der Waals surface area contributed by atoms with Gasteiger partial charge in [0.2, 0.25) is 5.88 Å². The molecular weight excluding hydrogens is 376 g/mol. The van der Waals surface area contributed by atoms with Crippen molar-refractivity contribution in [3.8, 4) is 0 Å². The molecule has 0 atom stereocenters. The van der Waals surface area contributed by atoms with Gasteiger partial charge >= 0.3 is 11.9 Å². The second-order valence-corrected chi connectivity index (χ2v) is 6.64. The maximum absolute atomic E-state index is 12.0. The maximum Gasteiger partial charge on any atom is 0.348 e. The first-order chi connectivity index (χ1) is 12.7. The molecule has 0 aliphatic carbocycles. The zero-order valence-corrected chi connectivity index (χ0v) is 15.7. The number of aryl methyl sites for hydroxylation is 2. The lowest BCUT2D eigenvalue weighted by Crippen LogP contribution is -2.23. The fourth-order valence-electron chi connectivity index (χ4n) is 2.23. The Labute approximate surface area is 158 Å². The zero-order chi connectivity index (χ0) is 20.1. The van der Waals surface area contributed by atoms with Crippen molar-refractivity contribution in [2.45, 2.75) is 20.8 Å². The SMILES string of the molecule is CCOC(=O)c1c(C)oc(NC(=O)COC(=O)c2ccc(C)s2)c1C(N)=O. The summed E-state index contributed by atoms with van der Waals surface area (Å²) in [6, 6.07) is 3.34. The summed E-state index contributed by atoms with van der Waals surface area (Å²) in [5.41, 5.74) is 4.83. The van der Waals surface area contributed by atoms with Crippen LogP contribution in [0.15, 0.2) is 16.5 Å². The highest BCUT2D eigenvalue weighted by Crippen LogP contribution is 2.27. The summed E-state index contributed by atoms with van der Waals surface area (Å²) in [7, 11) is 0. The van der Waals surface area contributed by atoms with Crippen molar-refractivity contribution in [1.82, 2.24) is 0 Å². The minimum atomic E-state index is -0.976. The normalized spacial score (nSPS) is 10.3. The number of rotatable bonds is 7. The summed E-state index contributed by atoms with van der Waals surface area (Å²) >= 11 is 1.23. The molecule has 0 aliphatic heterocycles. The number of furan rings is 1. The Balaban J connectivity index is 2.11. The van der Waals surface area contributed by atoms with Gasteiger partial charge in [-0.15, -0.1) is 11.3 Å². The predicted octanol–water partition coefficient (Wildman–Crippen LogP) is 2.03. The molecule has 10 heteroatoms. The molecular formula is C17H18N2O7S. The Morgan fingerprint density at radius 3 is 2.37 bits per heavy atom. The fourth-order valence-corrected chi connectivity index (χ4v) is 2.99. The number of thiophene rings is 1. The fraction of sp³-hybridized carbons (Fsp3) is 0.294. The molecule has 3 N–H and O–H groups in total. The van der Waals surface area contributed by atoms with Crippen LogP contribution in [0.1, 0.15) is 47.9 Å². The Kier molecular flexibility index (Phi) is 6.35. The van der Waals surface area contributed by atoms with Crippen LogP contribution in [0.25, 0.3) is 0 Å². The lowest BCUT2D eigenvalue weighted by Gasteiger charge is -2.05. The molecule has 0 unspecified atom stereocenters. The van der Waals surface area contributed by atoms with Crippen LogP contribution in [-0.4, -0.2) is 37.0 Å². The number of nitrogens with two attached hydrogens (primary N) is 1. The second kappa shape index (κ2) is 8.49. The molecule has 2 rings (SSSR count). The van der Waals surface area contributed by atoms with Gasteiger partial charge in [0.25, 0.3) is 11.8 Å². The van der Waals surface area contributed by atoms with Gasteiger partial charge < -0.3 is 19.6 Å². The lowest BCUT2D eigenvalue weighted by atomic mass is 10.1. The lowest BCUT2D eigenvalue weighted by molar-refractivity contribution is -0.119. The van der Waals surface area contributed by atoms with Crippen LogP contribution in [0, 0.1) is 13.8 Å². The van der Waals surface area contributed by atoms with Crippen molar-refractivity contribution in [2.75, 3.05) is 18.5 Å². The highest BCUT2D eigenvalue weighted by atomic mass is 32.1. The predicted molar refractivity (Wildman–Crippen MR) is 95.9 cm³/mol. The number of nitrogens with one attached hydrogen (secondary N) is 1. The van der Waals surface area contributed by atoms with Crippen LogP contribution in [0.5, 0.6) is 0 Å². The third-order valence-electron chi connectivity index (χ3n) is 3.34. The Bertz CT molecular complexity index is 897. The zero-order valence-electron chi connectivity index (χ0n) is 14.9. The number of carbonyl (C=O) groups excluding carboxylic acids is 4. The van der Waals surface area contributed by atoms with Gasteiger partial charge in [0.1, 0.15) is 21.8 Å². The Hall–Kier alpha value is -3.14. The number of carbonyl (C=O) groups is 4. The standard InChI is InChI=1S/C17H18N2O7S/c1-4-24-17(23)12-9(3)26-15(13(12)14(18)21)19-11(20)7-25-16(22)10-6-5-8(2)27-10/h5-6H,4,7H2,1-3H3,(H2,18,21)(H,19,20). The highest BCUT2D eigenvalue weighted by molar-refractivity contribution is 7.13. The van der Waals surface area contributed by atoms with E-state index < -0.39 is 30.4 Å². The second-order valence-electron chi connectivity index (χ2n) is 5.36. The summed E-state index contributed by atoms with van der Waals surface area (Å²) in [5, 5.41) is 2.27. The van der Waals surface area contributed by atoms with Crippen LogP contribution in [-0.2, 0) is 14.3 Å². The van der Waals surface area contributed by atoms with Crippen molar-refractivity contribution in [3.63, 3.8) is 0 Å². The smallest absolute Gasteiger partial charge is 0.348 e. The van der Waals surface area contributed by atoms with E-state index in [4.69, 9.17) is 19.6 Å². The van der Waals surface area contributed by atoms with E-state index in [1.807, 2.05) is 6.92 Å². The van der Waals surface area contributed by atoms with E-state index in [1.54, 1.807) is 19.1 Å². The number of amides is 2. The molecule has 0 saturated carbocycles. The first kappa shape index (κ1) is 20.2. The molecule has 0 aromatic carbocycles. The largest absolute Gasteiger partial charge is 0.462 e. The van der Waals surface area contributed by atoms with Crippen LogP contribution in [0.4, 0.5) is 5.88 Å². The number of primary amides is 1. The van der Waals surface area contributed by atoms with E-state index in [0.717, 1.165) is 4.88 Å². The van der Waals surface area contributed by atoms with E-state index in [-0.39, 0.29) is 29.4 Å². The molecule has 2 aromatic rings. The first-order valence-electron chi connectivity index (χ1n) is 7.88. The Morgan fingerprint density at radius 1 is 1.11 bits per heavy atom. The van der Waals surface area contributed by atoms with E-state index in [2.05, 4.69) is 5.32 Å². The van der Waals surface area contributed by atoms with Gasteiger partial charge in [-0.3, -0.25) is 14.9 Å². The van der Waals surface area contributed by atoms with E-state index >= 15 is 0 Å². The van der Waals surface area contributed by atoms with E-state index in [1.165, 1.54) is 18.3 Å². The number of anilines is 1. The molecule has 144 valence electrons. The molecule has 2 heterocycles. The van der Waals surface area contributed by atoms with Gasteiger partial charge in [0.05, 0.1) is 6.61 Å². The van der Waals surface area contributed by atoms with Crippen molar-refractivity contribution in [1.29, 1.82) is 0 Å². The van der Waals surface area contributed by atoms with Crippen LogP contribution in [0.3, 0.4) is 0 Å². The monoisotopic (exact) mass is 394 g/mol. The van der Waals surface area contributed by atoms with Crippen LogP contribution < -0.4 is 11.1 Å². The van der Waals surface area contributed by atoms with Crippen molar-refractivity contribution >= 4 is 41.0 Å². The van der Waals surface area contributed by atoms with Crippen LogP contribution >= 0.6 is 11.3 Å². The highest BCUT2D eigenvalue weighted by Gasteiger charge is 2.29. The van der Waals surface area contributed by atoms with Crippen molar-refractivity contribution in [2.24, 2.45) is 5.73 Å². The van der Waals surface area contributed by atoms with Crippen LogP contribution in [0.2, 0.25) is 0 Å². The summed E-state index contributed by atoms with van der Waals surface area (Å²) in [6.45, 7) is 4.33. The van der Waals surface area contributed by atoms with Gasteiger partial charge in [-0.25, -0.2) is 9.59 Å². The molecule has 0 bridgehead atoms. The molecule has 0 spiro atoms. The molecule has 2 amide bonds. The summed E-state index contributed by atoms with van der Waals surface area (Å²) in [5.74, 6) is -3.44. The minimum absolute atomic E-state index is 0.0589. The summed E-state index contributed by atoms with van der Waals surface area (Å²) in [6.07, 6.45) is 0. The summed E-state index contributed by atoms with van der Waals surface area (Å²) < 4.78 is 15.0. The quantitative estimate of drug-likeness (QED) is 0.685. The van der Waals surface area contributed by atoms with E-state index in [9.17, 15) is 19.2 Å². The topological polar surface area (TPSA) is 138 Å². The number of hydrogen-bond donors (Lipinski definition) is 2. The molecule has 0 aliphatic rings. The average molecular weight is 394 g/mol. The van der Waals surface area contributed by atoms with E-state index in [0.29, 0.717) is 4.88 Å². The van der Waals surface area contributed by atoms with Gasteiger partial charge in [-0.1, -0.05) is 0 Å². The van der Waals surface area contributed by atoms with Gasteiger partial charge in [-0.05, 0) is 32.9 Å². The van der Waals surface area contributed by atoms with Gasteiger partial charge in [0.15, 0.2) is 6.61 Å². The molecule has 9 nitrogen and oxygen atoms in total. The molecule has 0 radical (unpaired) electrons. The van der Waals surface area contributed by atoms with Crippen molar-refractivity contribution in [3.05, 3.63) is 38.8 Å². The number of esters is 2. The summed E-state index contributed by atoms with van der Waals surface area (Å²) in [4.78, 5) is 48.9. The molecule has 2 aromatic heterocycles. The maximum atomic E-state index is 12.0. The van der Waals surface area contributed by atoms with Gasteiger partial charge in [0, 0.05) is 4.88 Å². The minimum Gasteiger partial charge on any atom is -0.462 e. The molecule has 0 saturated heterocycles. The first-order valence-corrected chi connectivity index (χ1v) is 8.70. The Morgan fingerprint density at radius 2 is 1.81 bits per heavy atom. The molecule has 0 fully saturated rings.